The molecule has 0 saturated carbocycles. The van der Waals surface area contributed by atoms with E-state index < -0.39 is 15.3 Å². The van der Waals surface area contributed by atoms with Crippen molar-refractivity contribution < 1.29 is 13.2 Å². The van der Waals surface area contributed by atoms with Gasteiger partial charge in [-0.3, -0.25) is 9.78 Å². The number of hydrogen-bond donors (Lipinski definition) is 0. The van der Waals surface area contributed by atoms with E-state index >= 15 is 0 Å². The van der Waals surface area contributed by atoms with Gasteiger partial charge in [0.1, 0.15) is 5.25 Å². The van der Waals surface area contributed by atoms with Crippen molar-refractivity contribution in [3.8, 4) is 0 Å². The van der Waals surface area contributed by atoms with E-state index in [9.17, 15) is 13.2 Å². The highest BCUT2D eigenvalue weighted by Gasteiger charge is 2.43. The summed E-state index contributed by atoms with van der Waals surface area (Å²) >= 11 is 0. The molecule has 2 heterocycles. The third-order valence-corrected chi connectivity index (χ3v) is 6.90. The Hall–Kier alpha value is -2.25. The zero-order chi connectivity index (χ0) is 18.0. The molecule has 0 N–H and O–H groups in total. The molecule has 6 nitrogen and oxygen atoms in total. The monoisotopic (exact) mass is 359 g/mol. The minimum Gasteiger partial charge on any atom is -0.336 e. The first kappa shape index (κ1) is 17.6. The summed E-state index contributed by atoms with van der Waals surface area (Å²) in [6, 6.07) is 14.0. The minimum absolute atomic E-state index is 0.132. The Balaban J connectivity index is 1.66. The quantitative estimate of drug-likeness (QED) is 0.818. The topological polar surface area (TPSA) is 70.6 Å². The summed E-state index contributed by atoms with van der Waals surface area (Å²) in [6.07, 6.45) is 1.65. The second-order valence-corrected chi connectivity index (χ2v) is 8.46. The van der Waals surface area contributed by atoms with Gasteiger partial charge in [-0.25, -0.2) is 8.42 Å². The van der Waals surface area contributed by atoms with Crippen molar-refractivity contribution in [3.63, 3.8) is 0 Å². The number of carbonyl (C=O) groups excluding carboxylic acids is 1. The van der Waals surface area contributed by atoms with Crippen LogP contribution >= 0.6 is 0 Å². The molecule has 2 aromatic rings. The lowest BCUT2D eigenvalue weighted by atomic mass is 10.1. The van der Waals surface area contributed by atoms with Gasteiger partial charge in [-0.05, 0) is 31.2 Å². The highest BCUT2D eigenvalue weighted by molar-refractivity contribution is 7.89. The molecule has 132 valence electrons. The molecule has 1 aliphatic heterocycles. The van der Waals surface area contributed by atoms with Crippen LogP contribution in [0.4, 0.5) is 0 Å². The average Bonchev–Trinajstić information content (AvgIpc) is 2.60. The van der Waals surface area contributed by atoms with Gasteiger partial charge in [-0.2, -0.15) is 4.31 Å². The maximum absolute atomic E-state index is 12.8. The smallest absolute Gasteiger partial charge is 0.253 e. The van der Waals surface area contributed by atoms with Crippen LogP contribution in [-0.2, 0) is 10.0 Å². The lowest BCUT2D eigenvalue weighted by Crippen LogP contribution is -2.59. The molecule has 0 aliphatic carbocycles. The first-order valence-corrected chi connectivity index (χ1v) is 9.63. The van der Waals surface area contributed by atoms with E-state index in [2.05, 4.69) is 4.98 Å². The fourth-order valence-electron chi connectivity index (χ4n) is 2.82. The molecular weight excluding hydrogens is 338 g/mol. The van der Waals surface area contributed by atoms with Gasteiger partial charge < -0.3 is 4.90 Å². The van der Waals surface area contributed by atoms with Gasteiger partial charge in [0.2, 0.25) is 10.0 Å². The van der Waals surface area contributed by atoms with E-state index in [1.807, 2.05) is 25.1 Å². The molecule has 25 heavy (non-hydrogen) atoms. The molecule has 1 fully saturated rings. The summed E-state index contributed by atoms with van der Waals surface area (Å²) in [5.74, 6) is -0.132. The number of aromatic nitrogens is 1. The number of nitrogens with zero attached hydrogens (tertiary/aromatic N) is 3. The largest absolute Gasteiger partial charge is 0.336 e. The highest BCUT2D eigenvalue weighted by Crippen LogP contribution is 2.27. The Morgan fingerprint density at radius 1 is 1.16 bits per heavy atom. The highest BCUT2D eigenvalue weighted by atomic mass is 32.2. The van der Waals surface area contributed by atoms with Crippen molar-refractivity contribution in [2.45, 2.75) is 18.2 Å². The summed E-state index contributed by atoms with van der Waals surface area (Å²) in [6.45, 7) is 2.25. The Bertz CT molecular complexity index is 834. The summed E-state index contributed by atoms with van der Waals surface area (Å²) in [4.78, 5) is 18.1. The molecule has 7 heteroatoms. The summed E-state index contributed by atoms with van der Waals surface area (Å²) < 4.78 is 26.9. The Morgan fingerprint density at radius 2 is 1.80 bits per heavy atom. The van der Waals surface area contributed by atoms with Crippen LogP contribution in [0.15, 0.2) is 54.7 Å². The molecule has 1 aliphatic rings. The van der Waals surface area contributed by atoms with Crippen LogP contribution in [0.2, 0.25) is 0 Å². The molecule has 1 aromatic heterocycles. The van der Waals surface area contributed by atoms with Crippen molar-refractivity contribution in [2.24, 2.45) is 0 Å². The second-order valence-electron chi connectivity index (χ2n) is 6.19. The number of sulfonamides is 1. The van der Waals surface area contributed by atoms with E-state index in [0.717, 1.165) is 0 Å². The number of pyridine rings is 1. The van der Waals surface area contributed by atoms with Crippen molar-refractivity contribution in [3.05, 3.63) is 66.0 Å². The van der Waals surface area contributed by atoms with Crippen LogP contribution in [0.3, 0.4) is 0 Å². The number of rotatable bonds is 5. The van der Waals surface area contributed by atoms with Gasteiger partial charge >= 0.3 is 0 Å². The van der Waals surface area contributed by atoms with Crippen molar-refractivity contribution in [1.29, 1.82) is 0 Å². The number of amides is 1. The SMILES string of the molecule is C[C@@H](c1ccccn1)N(C)S(=O)(=O)C1CN(C(=O)c2ccccc2)C1. The molecular formula is C18H21N3O3S. The van der Waals surface area contributed by atoms with E-state index in [0.29, 0.717) is 11.3 Å². The fourth-order valence-corrected chi connectivity index (χ4v) is 4.58. The second kappa shape index (κ2) is 6.93. The van der Waals surface area contributed by atoms with Gasteiger partial charge in [0.25, 0.3) is 5.91 Å². The minimum atomic E-state index is -3.50. The van der Waals surface area contributed by atoms with E-state index in [1.54, 1.807) is 48.5 Å². The molecule has 0 bridgehead atoms. The van der Waals surface area contributed by atoms with Crippen LogP contribution < -0.4 is 0 Å². The Kier molecular flexibility index (Phi) is 4.87. The van der Waals surface area contributed by atoms with E-state index in [-0.39, 0.29) is 25.0 Å². The number of carbonyl (C=O) groups is 1. The standard InChI is InChI=1S/C18H21N3O3S/c1-14(17-10-6-7-11-19-17)20(2)25(23,24)16-12-21(13-16)18(22)15-8-4-3-5-9-15/h3-11,14,16H,12-13H2,1-2H3/t14-/m0/s1. The molecule has 3 rings (SSSR count). The van der Waals surface area contributed by atoms with Gasteiger partial charge in [0.15, 0.2) is 0 Å². The van der Waals surface area contributed by atoms with E-state index in [4.69, 9.17) is 0 Å². The predicted molar refractivity (Wildman–Crippen MR) is 95.5 cm³/mol. The lowest BCUT2D eigenvalue weighted by molar-refractivity contribution is 0.0655. The van der Waals surface area contributed by atoms with Gasteiger partial charge in [0.05, 0.1) is 11.7 Å². The Morgan fingerprint density at radius 3 is 2.40 bits per heavy atom. The third-order valence-electron chi connectivity index (χ3n) is 4.64. The first-order valence-electron chi connectivity index (χ1n) is 8.13. The summed E-state index contributed by atoms with van der Waals surface area (Å²) in [7, 11) is -1.93. The van der Waals surface area contributed by atoms with Crippen molar-refractivity contribution in [1.82, 2.24) is 14.2 Å². The molecule has 1 amide bonds. The molecule has 1 saturated heterocycles. The van der Waals surface area contributed by atoms with Crippen LogP contribution in [0, 0.1) is 0 Å². The normalized spacial score (nSPS) is 16.5. The zero-order valence-corrected chi connectivity index (χ0v) is 15.1. The fraction of sp³-hybridized carbons (Fsp3) is 0.333. The third kappa shape index (κ3) is 3.43. The van der Waals surface area contributed by atoms with E-state index in [1.165, 1.54) is 4.31 Å². The summed E-state index contributed by atoms with van der Waals surface area (Å²) in [5.41, 5.74) is 1.28. The lowest BCUT2D eigenvalue weighted by Gasteiger charge is -2.41. The predicted octanol–water partition coefficient (Wildman–Crippen LogP) is 1.93. The Labute approximate surface area is 148 Å². The number of likely N-dealkylation sites (tertiary alicyclic amines) is 1. The van der Waals surface area contributed by atoms with Crippen LogP contribution in [0.1, 0.15) is 29.0 Å². The molecule has 0 radical (unpaired) electrons. The number of benzene rings is 1. The van der Waals surface area contributed by atoms with Crippen LogP contribution in [-0.4, -0.2) is 53.9 Å². The van der Waals surface area contributed by atoms with Crippen LogP contribution in [0.25, 0.3) is 0 Å². The van der Waals surface area contributed by atoms with Gasteiger partial charge in [-0.15, -0.1) is 0 Å². The maximum Gasteiger partial charge on any atom is 0.253 e. The number of hydrogen-bond acceptors (Lipinski definition) is 4. The molecule has 1 atom stereocenters. The first-order chi connectivity index (χ1) is 11.9. The molecule has 0 spiro atoms. The maximum atomic E-state index is 12.8. The van der Waals surface area contributed by atoms with Crippen molar-refractivity contribution in [2.75, 3.05) is 20.1 Å². The van der Waals surface area contributed by atoms with Gasteiger partial charge in [0, 0.05) is 31.9 Å². The van der Waals surface area contributed by atoms with Gasteiger partial charge in [-0.1, -0.05) is 24.3 Å². The molecule has 0 unspecified atom stereocenters. The average molecular weight is 359 g/mol. The molecule has 1 aromatic carbocycles. The zero-order valence-electron chi connectivity index (χ0n) is 14.2. The van der Waals surface area contributed by atoms with Crippen molar-refractivity contribution >= 4 is 15.9 Å². The summed E-state index contributed by atoms with van der Waals surface area (Å²) in [5, 5.41) is -0.573. The van der Waals surface area contributed by atoms with Crippen LogP contribution in [0.5, 0.6) is 0 Å².